The number of anilines is 1. The molecule has 1 N–H and O–H groups in total. The minimum Gasteiger partial charge on any atom is -0.355 e. The van der Waals surface area contributed by atoms with Crippen LogP contribution in [-0.4, -0.2) is 23.5 Å². The third-order valence-corrected chi connectivity index (χ3v) is 4.27. The van der Waals surface area contributed by atoms with Gasteiger partial charge in [0.05, 0.1) is 4.92 Å². The fourth-order valence-corrected chi connectivity index (χ4v) is 2.81. The molecule has 0 spiro atoms. The van der Waals surface area contributed by atoms with Crippen LogP contribution in [0.2, 0.25) is 0 Å². The Balaban J connectivity index is 1.82. The number of allylic oxidation sites excluding steroid dienone is 2. The average molecular weight is 350 g/mol. The highest BCUT2D eigenvalue weighted by atomic mass is 16.6. The van der Waals surface area contributed by atoms with Gasteiger partial charge in [-0.15, -0.1) is 0 Å². The highest BCUT2D eigenvalue weighted by molar-refractivity contribution is 6.10. The van der Waals surface area contributed by atoms with E-state index < -0.39 is 10.6 Å². The number of hydrogen-bond acceptors (Lipinski definition) is 5. The van der Waals surface area contributed by atoms with Crippen molar-refractivity contribution in [3.05, 3.63) is 94.1 Å². The third-order valence-electron chi connectivity index (χ3n) is 4.27. The first-order chi connectivity index (χ1) is 12.5. The van der Waals surface area contributed by atoms with Crippen LogP contribution in [0.5, 0.6) is 0 Å². The second kappa shape index (κ2) is 7.33. The lowest BCUT2D eigenvalue weighted by atomic mass is 9.94. The van der Waals surface area contributed by atoms with Gasteiger partial charge in [-0.3, -0.25) is 14.9 Å². The number of benzene rings is 2. The first-order valence-electron chi connectivity index (χ1n) is 8.10. The fraction of sp³-hybridized carbons (Fsp3) is 0.150. The zero-order valence-electron chi connectivity index (χ0n) is 14.2. The van der Waals surface area contributed by atoms with Crippen LogP contribution in [0.4, 0.5) is 11.4 Å². The van der Waals surface area contributed by atoms with Crippen molar-refractivity contribution in [2.45, 2.75) is 12.1 Å². The van der Waals surface area contributed by atoms with Gasteiger partial charge in [0.15, 0.2) is 11.5 Å². The number of methoxy groups -OCH3 is 1. The maximum absolute atomic E-state index is 12.5. The normalized spacial score (nSPS) is 18.9. The molecule has 1 unspecified atom stereocenters. The first kappa shape index (κ1) is 17.6. The predicted molar refractivity (Wildman–Crippen MR) is 99.1 cm³/mol. The van der Waals surface area contributed by atoms with Gasteiger partial charge >= 0.3 is 0 Å². The molecule has 0 saturated heterocycles. The number of nitrogens with one attached hydrogen (secondary N) is 1. The van der Waals surface area contributed by atoms with Crippen molar-refractivity contribution in [1.82, 2.24) is 0 Å². The lowest BCUT2D eigenvalue weighted by molar-refractivity contribution is -0.384. The number of rotatable bonds is 6. The van der Waals surface area contributed by atoms with E-state index in [0.717, 1.165) is 0 Å². The molecule has 6 nitrogen and oxygen atoms in total. The summed E-state index contributed by atoms with van der Waals surface area (Å²) in [6.45, 7) is 0. The van der Waals surface area contributed by atoms with E-state index in [9.17, 15) is 14.9 Å². The van der Waals surface area contributed by atoms with E-state index in [0.29, 0.717) is 23.2 Å². The minimum absolute atomic E-state index is 0.0348. The number of nitro benzene ring substituents is 1. The topological polar surface area (TPSA) is 81.5 Å². The summed E-state index contributed by atoms with van der Waals surface area (Å²) < 4.78 is 5.57. The van der Waals surface area contributed by atoms with Crippen molar-refractivity contribution >= 4 is 17.2 Å². The van der Waals surface area contributed by atoms with Crippen molar-refractivity contribution in [1.29, 1.82) is 0 Å². The van der Waals surface area contributed by atoms with Crippen molar-refractivity contribution in [2.75, 3.05) is 12.4 Å². The van der Waals surface area contributed by atoms with Gasteiger partial charge in [0.2, 0.25) is 0 Å². The largest absolute Gasteiger partial charge is 0.355 e. The Hall–Kier alpha value is -3.25. The maximum Gasteiger partial charge on any atom is 0.292 e. The standard InChI is InChI=1S/C20H18N2O4/c1-26-20(21-17-9-5-6-10-18(17)22(24)25)13-11-16(12-14-20)19(23)15-7-3-2-4-8-15/h2-13,21H,14H2,1H3. The van der Waals surface area contributed by atoms with E-state index in [1.54, 1.807) is 48.6 Å². The molecule has 26 heavy (non-hydrogen) atoms. The van der Waals surface area contributed by atoms with Crippen molar-refractivity contribution in [2.24, 2.45) is 0 Å². The lowest BCUT2D eigenvalue weighted by Gasteiger charge is -2.32. The van der Waals surface area contributed by atoms with Crippen LogP contribution in [0, 0.1) is 10.1 Å². The quantitative estimate of drug-likeness (QED) is 0.367. The highest BCUT2D eigenvalue weighted by Crippen LogP contribution is 2.32. The zero-order valence-corrected chi connectivity index (χ0v) is 14.2. The first-order valence-corrected chi connectivity index (χ1v) is 8.10. The number of hydrogen-bond donors (Lipinski definition) is 1. The summed E-state index contributed by atoms with van der Waals surface area (Å²) in [7, 11) is 1.52. The van der Waals surface area contributed by atoms with E-state index in [1.165, 1.54) is 13.2 Å². The number of carbonyl (C=O) groups is 1. The monoisotopic (exact) mass is 350 g/mol. The van der Waals surface area contributed by atoms with Gasteiger partial charge in [0, 0.05) is 30.7 Å². The summed E-state index contributed by atoms with van der Waals surface area (Å²) in [5, 5.41) is 14.3. The third kappa shape index (κ3) is 3.55. The molecule has 0 amide bonds. The van der Waals surface area contributed by atoms with Gasteiger partial charge in [0.1, 0.15) is 5.69 Å². The molecule has 1 aliphatic rings. The van der Waals surface area contributed by atoms with Crippen LogP contribution in [0.15, 0.2) is 78.4 Å². The van der Waals surface area contributed by atoms with E-state index in [4.69, 9.17) is 4.74 Å². The molecule has 1 atom stereocenters. The fourth-order valence-electron chi connectivity index (χ4n) is 2.81. The molecule has 0 aliphatic heterocycles. The van der Waals surface area contributed by atoms with Crippen LogP contribution >= 0.6 is 0 Å². The number of nitro groups is 1. The Labute approximate surface area is 151 Å². The second-order valence-corrected chi connectivity index (χ2v) is 5.88. The van der Waals surface area contributed by atoms with E-state index in [2.05, 4.69) is 5.32 Å². The zero-order chi connectivity index (χ0) is 18.6. The molecule has 0 aromatic heterocycles. The van der Waals surface area contributed by atoms with Crippen LogP contribution in [0.1, 0.15) is 16.8 Å². The van der Waals surface area contributed by atoms with Crippen molar-refractivity contribution in [3.63, 3.8) is 0 Å². The Kier molecular flexibility index (Phi) is 4.95. The Bertz CT molecular complexity index is 890. The summed E-state index contributed by atoms with van der Waals surface area (Å²) in [5.41, 5.74) is 0.544. The summed E-state index contributed by atoms with van der Waals surface area (Å²) in [5.74, 6) is -0.0720. The highest BCUT2D eigenvalue weighted by Gasteiger charge is 2.31. The van der Waals surface area contributed by atoms with Gasteiger partial charge in [0.25, 0.3) is 5.69 Å². The molecule has 0 radical (unpaired) electrons. The molecule has 0 heterocycles. The molecule has 2 aromatic rings. The molecule has 0 saturated carbocycles. The number of para-hydroxylation sites is 2. The van der Waals surface area contributed by atoms with Crippen LogP contribution < -0.4 is 5.32 Å². The summed E-state index contributed by atoms with van der Waals surface area (Å²) >= 11 is 0. The average Bonchev–Trinajstić information content (AvgIpc) is 2.69. The number of carbonyl (C=O) groups excluding carboxylic acids is 1. The van der Waals surface area contributed by atoms with E-state index in [-0.39, 0.29) is 11.5 Å². The maximum atomic E-state index is 12.5. The second-order valence-electron chi connectivity index (χ2n) is 5.88. The summed E-state index contributed by atoms with van der Waals surface area (Å²) in [6, 6.07) is 15.4. The molecule has 2 aromatic carbocycles. The lowest BCUT2D eigenvalue weighted by Crippen LogP contribution is -2.39. The van der Waals surface area contributed by atoms with Gasteiger partial charge in [-0.05, 0) is 12.1 Å². The van der Waals surface area contributed by atoms with Gasteiger partial charge < -0.3 is 10.1 Å². The predicted octanol–water partition coefficient (Wildman–Crippen LogP) is 4.12. The minimum atomic E-state index is -0.952. The molecule has 1 aliphatic carbocycles. The van der Waals surface area contributed by atoms with E-state index >= 15 is 0 Å². The molecular weight excluding hydrogens is 332 g/mol. The van der Waals surface area contributed by atoms with Crippen LogP contribution in [0.25, 0.3) is 0 Å². The van der Waals surface area contributed by atoms with Gasteiger partial charge in [-0.2, -0.15) is 0 Å². The number of ether oxygens (including phenoxy) is 1. The Morgan fingerprint density at radius 1 is 1.15 bits per heavy atom. The van der Waals surface area contributed by atoms with Crippen LogP contribution in [-0.2, 0) is 4.74 Å². The van der Waals surface area contributed by atoms with Crippen molar-refractivity contribution in [3.8, 4) is 0 Å². The number of ketones is 1. The molecule has 3 rings (SSSR count). The van der Waals surface area contributed by atoms with Crippen LogP contribution in [0.3, 0.4) is 0 Å². The SMILES string of the molecule is COC1(Nc2ccccc2[N+](=O)[O-])C=CC(C(=O)c2ccccc2)=CC1. The summed E-state index contributed by atoms with van der Waals surface area (Å²) in [6.07, 6.45) is 5.55. The van der Waals surface area contributed by atoms with E-state index in [1.807, 2.05) is 18.2 Å². The molecule has 132 valence electrons. The van der Waals surface area contributed by atoms with Crippen molar-refractivity contribution < 1.29 is 14.5 Å². The molecular formula is C20H18N2O4. The molecule has 0 fully saturated rings. The van der Waals surface area contributed by atoms with Gasteiger partial charge in [-0.1, -0.05) is 54.6 Å². The number of Topliss-reactive ketones (excluding diaryl/α,β-unsaturated/α-hetero) is 1. The smallest absolute Gasteiger partial charge is 0.292 e. The number of nitrogens with zero attached hydrogens (tertiary/aromatic N) is 1. The molecule has 6 heteroatoms. The Morgan fingerprint density at radius 2 is 1.85 bits per heavy atom. The summed E-state index contributed by atoms with van der Waals surface area (Å²) in [4.78, 5) is 23.3. The van der Waals surface area contributed by atoms with Gasteiger partial charge in [-0.25, -0.2) is 0 Å². The Morgan fingerprint density at radius 3 is 2.46 bits per heavy atom. The molecule has 0 bridgehead atoms.